The molecule has 2 aliphatic carbocycles. The lowest BCUT2D eigenvalue weighted by Gasteiger charge is -2.65. The van der Waals surface area contributed by atoms with Crippen LogP contribution in [0.1, 0.15) is 56.7 Å². The molecule has 2 aromatic carbocycles. The van der Waals surface area contributed by atoms with Crippen LogP contribution in [-0.2, 0) is 32.6 Å². The molecule has 2 aromatic rings. The number of carbonyl (C=O) groups excluding carboxylic acids is 2. The number of esters is 1. The summed E-state index contributed by atoms with van der Waals surface area (Å²) in [5.41, 5.74) is 1.28. The molecular weight excluding hydrogens is 575 g/mol. The van der Waals surface area contributed by atoms with Gasteiger partial charge in [0.25, 0.3) is 0 Å². The summed E-state index contributed by atoms with van der Waals surface area (Å²) in [4.78, 5) is 31.3. The van der Waals surface area contributed by atoms with Crippen molar-refractivity contribution in [3.05, 3.63) is 69.7 Å². The maximum Gasteiger partial charge on any atom is 0.303 e. The quantitative estimate of drug-likeness (QED) is 0.304. The highest BCUT2D eigenvalue weighted by Crippen LogP contribution is 2.67. The van der Waals surface area contributed by atoms with Crippen molar-refractivity contribution in [3.8, 4) is 11.5 Å². The van der Waals surface area contributed by atoms with Gasteiger partial charge in [0.15, 0.2) is 11.5 Å². The Labute approximate surface area is 257 Å². The minimum atomic E-state index is -0.858. The molecular formula is C33H38Cl2N2O5. The minimum absolute atomic E-state index is 0.0241. The molecule has 1 saturated heterocycles. The van der Waals surface area contributed by atoms with Crippen LogP contribution >= 0.6 is 23.2 Å². The van der Waals surface area contributed by atoms with Crippen LogP contribution in [-0.4, -0.2) is 70.2 Å². The van der Waals surface area contributed by atoms with Gasteiger partial charge in [0, 0.05) is 32.1 Å². The highest BCUT2D eigenvalue weighted by atomic mass is 35.5. The second kappa shape index (κ2) is 10.8. The van der Waals surface area contributed by atoms with Crippen molar-refractivity contribution in [1.82, 2.24) is 9.80 Å². The molecule has 1 saturated carbocycles. The third kappa shape index (κ3) is 4.34. The molecule has 2 heterocycles. The number of halogens is 2. The number of phenolic OH excluding ortho intramolecular Hbond substituents is 1. The maximum absolute atomic E-state index is 14.1. The molecule has 7 nitrogen and oxygen atoms in total. The first-order chi connectivity index (χ1) is 20.0. The Bertz CT molecular complexity index is 1450. The number of likely N-dealkylation sites (tertiary alicyclic amines) is 1. The van der Waals surface area contributed by atoms with E-state index < -0.39 is 17.1 Å². The zero-order valence-corrected chi connectivity index (χ0v) is 25.9. The number of phenols is 1. The second-order valence-corrected chi connectivity index (χ2v) is 13.5. The highest BCUT2D eigenvalue weighted by Gasteiger charge is 2.75. The Morgan fingerprint density at radius 2 is 2.02 bits per heavy atom. The lowest BCUT2D eigenvalue weighted by molar-refractivity contribution is -0.223. The summed E-state index contributed by atoms with van der Waals surface area (Å²) in [6, 6.07) is 8.61. The van der Waals surface area contributed by atoms with Crippen molar-refractivity contribution in [1.29, 1.82) is 0 Å². The SMILES string of the molecule is C=CCN1CC[C@]23c4c5ccc(O)c4OC2C(N(CC(C)C)C(=O)Cc2ccc(Cl)c(Cl)c2)CC[C@@]3(OC(C)=O)[C@H]1C5. The molecule has 224 valence electrons. The van der Waals surface area contributed by atoms with Crippen molar-refractivity contribution >= 4 is 35.1 Å². The van der Waals surface area contributed by atoms with E-state index in [9.17, 15) is 14.7 Å². The predicted molar refractivity (Wildman–Crippen MR) is 162 cm³/mol. The molecule has 1 N–H and O–H groups in total. The molecule has 2 aliphatic heterocycles. The number of carbonyl (C=O) groups is 2. The smallest absolute Gasteiger partial charge is 0.303 e. The van der Waals surface area contributed by atoms with Gasteiger partial charge in [-0.25, -0.2) is 0 Å². The standard InChI is InChI=1S/C33H38Cl2N2O5/c1-5-13-36-14-12-32-29-22-7-9-26(39)30(29)41-31(32)25(10-11-33(32,27(36)17-22)42-20(4)38)37(18-19(2)3)28(40)16-21-6-8-23(34)24(35)15-21/h5-9,15,19,25,27,31,39H,1,10-14,16-18H2,2-4H3/t25?,27-,31?,32+,33-/m1/s1. The maximum atomic E-state index is 14.1. The molecule has 4 aliphatic rings. The summed E-state index contributed by atoms with van der Waals surface area (Å²) in [6.45, 7) is 11.7. The van der Waals surface area contributed by atoms with E-state index in [0.717, 1.165) is 23.2 Å². The summed E-state index contributed by atoms with van der Waals surface area (Å²) >= 11 is 12.4. The fourth-order valence-corrected chi connectivity index (χ4v) is 8.80. The van der Waals surface area contributed by atoms with Crippen molar-refractivity contribution in [2.75, 3.05) is 19.6 Å². The number of piperidine rings is 1. The topological polar surface area (TPSA) is 79.3 Å². The van der Waals surface area contributed by atoms with Crippen LogP contribution in [0.15, 0.2) is 43.0 Å². The van der Waals surface area contributed by atoms with Gasteiger partial charge in [0.2, 0.25) is 5.91 Å². The number of aromatic hydroxyl groups is 1. The van der Waals surface area contributed by atoms with Crippen LogP contribution < -0.4 is 4.74 Å². The van der Waals surface area contributed by atoms with E-state index in [1.807, 2.05) is 23.1 Å². The van der Waals surface area contributed by atoms with Gasteiger partial charge in [0.05, 0.1) is 34.0 Å². The fraction of sp³-hybridized carbons (Fsp3) is 0.515. The molecule has 2 fully saturated rings. The normalized spacial score (nSPS) is 29.0. The first-order valence-corrected chi connectivity index (χ1v) is 15.6. The van der Waals surface area contributed by atoms with Gasteiger partial charge in [-0.05, 0) is 60.9 Å². The summed E-state index contributed by atoms with van der Waals surface area (Å²) in [5.74, 6) is 0.407. The molecule has 2 bridgehead atoms. The van der Waals surface area contributed by atoms with Gasteiger partial charge in [-0.3, -0.25) is 14.5 Å². The van der Waals surface area contributed by atoms with E-state index in [0.29, 0.717) is 54.6 Å². The number of nitrogens with zero attached hydrogens (tertiary/aromatic N) is 2. The molecule has 1 spiro atoms. The number of rotatable bonds is 8. The van der Waals surface area contributed by atoms with E-state index in [4.69, 9.17) is 32.7 Å². The van der Waals surface area contributed by atoms with E-state index in [-0.39, 0.29) is 42.0 Å². The second-order valence-electron chi connectivity index (χ2n) is 12.7. The lowest BCUT2D eigenvalue weighted by Crippen LogP contribution is -2.79. The Kier molecular flexibility index (Phi) is 7.52. The Balaban J connectivity index is 1.47. The molecule has 6 rings (SSSR count). The van der Waals surface area contributed by atoms with E-state index in [1.165, 1.54) is 6.92 Å². The number of amides is 1. The Hall–Kier alpha value is -2.74. The molecule has 1 amide bonds. The van der Waals surface area contributed by atoms with Crippen LogP contribution in [0.25, 0.3) is 0 Å². The first kappa shape index (κ1) is 29.3. The fourth-order valence-electron chi connectivity index (χ4n) is 8.48. The van der Waals surface area contributed by atoms with Crippen LogP contribution in [0.3, 0.4) is 0 Å². The van der Waals surface area contributed by atoms with Crippen molar-refractivity contribution in [3.63, 3.8) is 0 Å². The molecule has 5 atom stereocenters. The van der Waals surface area contributed by atoms with Gasteiger partial charge >= 0.3 is 5.97 Å². The lowest BCUT2D eigenvalue weighted by atomic mass is 9.48. The van der Waals surface area contributed by atoms with Crippen LogP contribution in [0, 0.1) is 5.92 Å². The van der Waals surface area contributed by atoms with Crippen molar-refractivity contribution in [2.45, 2.75) is 82.1 Å². The minimum Gasteiger partial charge on any atom is -0.504 e. The molecule has 9 heteroatoms. The van der Waals surface area contributed by atoms with Gasteiger partial charge in [0.1, 0.15) is 11.7 Å². The first-order valence-electron chi connectivity index (χ1n) is 14.8. The zero-order chi connectivity index (χ0) is 30.0. The van der Waals surface area contributed by atoms with Gasteiger partial charge in [-0.1, -0.05) is 55.3 Å². The molecule has 0 aromatic heterocycles. The number of hydrogen-bond donors (Lipinski definition) is 1. The Morgan fingerprint density at radius 3 is 2.71 bits per heavy atom. The largest absolute Gasteiger partial charge is 0.504 e. The number of hydrogen-bond acceptors (Lipinski definition) is 6. The molecule has 2 unspecified atom stereocenters. The van der Waals surface area contributed by atoms with Crippen LogP contribution in [0.2, 0.25) is 10.0 Å². The summed E-state index contributed by atoms with van der Waals surface area (Å²) < 4.78 is 13.3. The third-order valence-electron chi connectivity index (χ3n) is 9.81. The average molecular weight is 614 g/mol. The number of ether oxygens (including phenoxy) is 2. The highest BCUT2D eigenvalue weighted by molar-refractivity contribution is 6.42. The monoisotopic (exact) mass is 612 g/mol. The van der Waals surface area contributed by atoms with Gasteiger partial charge in [-0.2, -0.15) is 0 Å². The van der Waals surface area contributed by atoms with E-state index in [2.05, 4.69) is 25.3 Å². The predicted octanol–water partition coefficient (Wildman–Crippen LogP) is 5.71. The number of benzene rings is 2. The summed E-state index contributed by atoms with van der Waals surface area (Å²) in [5, 5.41) is 11.9. The third-order valence-corrected chi connectivity index (χ3v) is 10.6. The van der Waals surface area contributed by atoms with Crippen molar-refractivity contribution in [2.24, 2.45) is 5.92 Å². The molecule has 42 heavy (non-hydrogen) atoms. The average Bonchev–Trinajstić information content (AvgIpc) is 3.28. The van der Waals surface area contributed by atoms with Gasteiger partial charge < -0.3 is 19.5 Å². The van der Waals surface area contributed by atoms with Crippen LogP contribution in [0.5, 0.6) is 11.5 Å². The van der Waals surface area contributed by atoms with E-state index >= 15 is 0 Å². The summed E-state index contributed by atoms with van der Waals surface area (Å²) in [7, 11) is 0. The summed E-state index contributed by atoms with van der Waals surface area (Å²) in [6.07, 6.45) is 4.12. The van der Waals surface area contributed by atoms with E-state index in [1.54, 1.807) is 18.2 Å². The molecule has 0 radical (unpaired) electrons. The Morgan fingerprint density at radius 1 is 1.24 bits per heavy atom. The van der Waals surface area contributed by atoms with Gasteiger partial charge in [-0.15, -0.1) is 6.58 Å². The van der Waals surface area contributed by atoms with Crippen LogP contribution in [0.4, 0.5) is 0 Å². The van der Waals surface area contributed by atoms with Crippen molar-refractivity contribution < 1.29 is 24.2 Å². The zero-order valence-electron chi connectivity index (χ0n) is 24.4.